The summed E-state index contributed by atoms with van der Waals surface area (Å²) in [5.74, 6) is 1.96. The van der Waals surface area contributed by atoms with E-state index in [1.807, 2.05) is 29.2 Å². The predicted octanol–water partition coefficient (Wildman–Crippen LogP) is 3.07. The van der Waals surface area contributed by atoms with Crippen LogP contribution in [0.5, 0.6) is 11.5 Å². The zero-order valence-electron chi connectivity index (χ0n) is 15.8. The van der Waals surface area contributed by atoms with E-state index < -0.39 is 0 Å². The van der Waals surface area contributed by atoms with Gasteiger partial charge in [-0.25, -0.2) is 0 Å². The van der Waals surface area contributed by atoms with Crippen LogP contribution in [0.3, 0.4) is 0 Å². The molecule has 0 saturated carbocycles. The van der Waals surface area contributed by atoms with Gasteiger partial charge in [-0.05, 0) is 56.0 Å². The Bertz CT molecular complexity index is 572. The first-order valence-corrected chi connectivity index (χ1v) is 9.07. The number of likely N-dealkylation sites (tertiary alicyclic amines) is 1. The first-order chi connectivity index (χ1) is 12.2. The number of ether oxygens (including phenoxy) is 2. The molecule has 1 aliphatic rings. The number of benzene rings is 1. The topological polar surface area (TPSA) is 50.8 Å². The van der Waals surface area contributed by atoms with Crippen LogP contribution in [0.15, 0.2) is 30.9 Å². The van der Waals surface area contributed by atoms with Crippen molar-refractivity contribution in [2.24, 2.45) is 5.92 Å². The summed E-state index contributed by atoms with van der Waals surface area (Å²) in [6, 6.07) is 5.75. The van der Waals surface area contributed by atoms with Crippen molar-refractivity contribution in [1.82, 2.24) is 10.2 Å². The van der Waals surface area contributed by atoms with Gasteiger partial charge in [-0.15, -0.1) is 19.0 Å². The van der Waals surface area contributed by atoms with Crippen molar-refractivity contribution in [2.45, 2.75) is 26.2 Å². The molecular formula is C20H31ClN2O3. The summed E-state index contributed by atoms with van der Waals surface area (Å²) < 4.78 is 11.1. The number of carbonyl (C=O) groups excluding carboxylic acids is 1. The summed E-state index contributed by atoms with van der Waals surface area (Å²) >= 11 is 0. The molecule has 1 heterocycles. The number of piperidine rings is 1. The fraction of sp³-hybridized carbons (Fsp3) is 0.550. The first kappa shape index (κ1) is 22.3. The van der Waals surface area contributed by atoms with Crippen molar-refractivity contribution >= 4 is 18.3 Å². The Morgan fingerprint density at radius 1 is 1.35 bits per heavy atom. The van der Waals surface area contributed by atoms with Crippen molar-refractivity contribution in [2.75, 3.05) is 39.9 Å². The molecule has 5 nitrogen and oxygen atoms in total. The van der Waals surface area contributed by atoms with Gasteiger partial charge in [0.2, 0.25) is 0 Å². The Balaban J connectivity index is 0.00000338. The van der Waals surface area contributed by atoms with Gasteiger partial charge in [0.1, 0.15) is 0 Å². The highest BCUT2D eigenvalue weighted by atomic mass is 35.5. The molecule has 1 aromatic rings. The molecule has 0 unspecified atom stereocenters. The second-order valence-corrected chi connectivity index (χ2v) is 6.40. The number of amides is 1. The predicted molar refractivity (Wildman–Crippen MR) is 107 cm³/mol. The van der Waals surface area contributed by atoms with E-state index in [9.17, 15) is 4.79 Å². The average Bonchev–Trinajstić information content (AvgIpc) is 2.65. The third-order valence-corrected chi connectivity index (χ3v) is 4.61. The molecule has 0 aromatic heterocycles. The van der Waals surface area contributed by atoms with Crippen LogP contribution in [0.4, 0.5) is 0 Å². The van der Waals surface area contributed by atoms with Gasteiger partial charge in [-0.2, -0.15) is 0 Å². The van der Waals surface area contributed by atoms with Crippen molar-refractivity contribution in [3.05, 3.63) is 36.4 Å². The third-order valence-electron chi connectivity index (χ3n) is 4.61. The molecular weight excluding hydrogens is 352 g/mol. The maximum atomic E-state index is 12.4. The molecule has 26 heavy (non-hydrogen) atoms. The van der Waals surface area contributed by atoms with E-state index in [1.54, 1.807) is 7.11 Å². The maximum Gasteiger partial charge on any atom is 0.260 e. The van der Waals surface area contributed by atoms with Crippen LogP contribution in [-0.4, -0.2) is 50.7 Å². The molecule has 2 rings (SSSR count). The summed E-state index contributed by atoms with van der Waals surface area (Å²) in [6.07, 6.45) is 4.73. The van der Waals surface area contributed by atoms with E-state index in [1.165, 1.54) is 0 Å². The lowest BCUT2D eigenvalue weighted by atomic mass is 9.97. The van der Waals surface area contributed by atoms with E-state index in [0.717, 1.165) is 51.0 Å². The second kappa shape index (κ2) is 11.8. The summed E-state index contributed by atoms with van der Waals surface area (Å²) in [6.45, 7) is 9.58. The average molecular weight is 383 g/mol. The largest absolute Gasteiger partial charge is 0.493 e. The monoisotopic (exact) mass is 382 g/mol. The highest BCUT2D eigenvalue weighted by Gasteiger charge is 2.23. The summed E-state index contributed by atoms with van der Waals surface area (Å²) in [5.41, 5.74) is 1.10. The van der Waals surface area contributed by atoms with E-state index in [2.05, 4.69) is 18.8 Å². The van der Waals surface area contributed by atoms with Crippen LogP contribution in [-0.2, 0) is 11.2 Å². The maximum absolute atomic E-state index is 12.4. The lowest BCUT2D eigenvalue weighted by molar-refractivity contribution is -0.134. The van der Waals surface area contributed by atoms with Crippen LogP contribution < -0.4 is 14.8 Å². The Morgan fingerprint density at radius 3 is 2.69 bits per heavy atom. The minimum atomic E-state index is 0. The number of nitrogens with zero attached hydrogens (tertiary/aromatic N) is 1. The first-order valence-electron chi connectivity index (χ1n) is 9.07. The fourth-order valence-electron chi connectivity index (χ4n) is 3.09. The van der Waals surface area contributed by atoms with Crippen LogP contribution in [0, 0.1) is 5.92 Å². The van der Waals surface area contributed by atoms with Crippen LogP contribution in [0.1, 0.15) is 25.3 Å². The molecule has 1 aliphatic heterocycles. The van der Waals surface area contributed by atoms with Gasteiger partial charge < -0.3 is 19.7 Å². The molecule has 1 saturated heterocycles. The lowest BCUT2D eigenvalue weighted by Gasteiger charge is -2.32. The second-order valence-electron chi connectivity index (χ2n) is 6.40. The van der Waals surface area contributed by atoms with Gasteiger partial charge in [0, 0.05) is 13.1 Å². The van der Waals surface area contributed by atoms with Crippen molar-refractivity contribution < 1.29 is 14.3 Å². The number of halogens is 1. The third kappa shape index (κ3) is 6.54. The lowest BCUT2D eigenvalue weighted by Crippen LogP contribution is -2.42. The number of methoxy groups -OCH3 is 1. The molecule has 1 aromatic carbocycles. The van der Waals surface area contributed by atoms with Gasteiger partial charge >= 0.3 is 0 Å². The number of hydrogen-bond acceptors (Lipinski definition) is 4. The summed E-state index contributed by atoms with van der Waals surface area (Å²) in [5, 5.41) is 3.39. The molecule has 0 spiro atoms. The molecule has 1 fully saturated rings. The zero-order valence-corrected chi connectivity index (χ0v) is 16.6. The molecule has 1 N–H and O–H groups in total. The Labute approximate surface area is 163 Å². The number of nitrogens with one attached hydrogen (secondary N) is 1. The van der Waals surface area contributed by atoms with Crippen LogP contribution >= 0.6 is 12.4 Å². The van der Waals surface area contributed by atoms with Gasteiger partial charge in [0.05, 0.1) is 7.11 Å². The van der Waals surface area contributed by atoms with Crippen molar-refractivity contribution in [3.63, 3.8) is 0 Å². The molecule has 146 valence electrons. The smallest absolute Gasteiger partial charge is 0.260 e. The molecule has 1 amide bonds. The Morgan fingerprint density at radius 2 is 2.08 bits per heavy atom. The summed E-state index contributed by atoms with van der Waals surface area (Å²) in [4.78, 5) is 14.3. The standard InChI is InChI=1S/C20H30N2O3.ClH/c1-4-6-16-7-8-18(19(13-16)24-3)25-15-20(23)22-11-9-17(10-12-22)14-21-5-2;/h4,7-8,13,17,21H,1,5-6,9-12,14-15H2,2-3H3;1H. The van der Waals surface area contributed by atoms with Crippen LogP contribution in [0.25, 0.3) is 0 Å². The number of rotatable bonds is 9. The van der Waals surface area contributed by atoms with E-state index in [-0.39, 0.29) is 24.9 Å². The SMILES string of the molecule is C=CCc1ccc(OCC(=O)N2CCC(CNCC)CC2)c(OC)c1.Cl. The quantitative estimate of drug-likeness (QED) is 0.667. The number of hydrogen-bond donors (Lipinski definition) is 1. The Hall–Kier alpha value is -1.72. The van der Waals surface area contributed by atoms with Gasteiger partial charge in [0.25, 0.3) is 5.91 Å². The number of carbonyl (C=O) groups is 1. The Kier molecular flexibility index (Phi) is 10.1. The van der Waals surface area contributed by atoms with E-state index >= 15 is 0 Å². The highest BCUT2D eigenvalue weighted by Crippen LogP contribution is 2.28. The molecule has 0 radical (unpaired) electrons. The van der Waals surface area contributed by atoms with Gasteiger partial charge in [-0.1, -0.05) is 19.1 Å². The van der Waals surface area contributed by atoms with Gasteiger partial charge in [-0.3, -0.25) is 4.79 Å². The van der Waals surface area contributed by atoms with Gasteiger partial charge in [0.15, 0.2) is 18.1 Å². The highest BCUT2D eigenvalue weighted by molar-refractivity contribution is 5.85. The van der Waals surface area contributed by atoms with Crippen molar-refractivity contribution in [3.8, 4) is 11.5 Å². The number of allylic oxidation sites excluding steroid dienone is 1. The minimum Gasteiger partial charge on any atom is -0.493 e. The molecule has 0 bridgehead atoms. The van der Waals surface area contributed by atoms with E-state index in [4.69, 9.17) is 9.47 Å². The van der Waals surface area contributed by atoms with Crippen LogP contribution in [0.2, 0.25) is 0 Å². The minimum absolute atomic E-state index is 0. The molecule has 6 heteroatoms. The zero-order chi connectivity index (χ0) is 18.1. The summed E-state index contributed by atoms with van der Waals surface area (Å²) in [7, 11) is 1.61. The van der Waals surface area contributed by atoms with Crippen molar-refractivity contribution in [1.29, 1.82) is 0 Å². The molecule has 0 atom stereocenters. The normalized spacial score (nSPS) is 14.5. The fourth-order valence-corrected chi connectivity index (χ4v) is 3.09. The van der Waals surface area contributed by atoms with E-state index in [0.29, 0.717) is 17.4 Å². The molecule has 0 aliphatic carbocycles.